The summed E-state index contributed by atoms with van der Waals surface area (Å²) in [6, 6.07) is 0. The van der Waals surface area contributed by atoms with Gasteiger partial charge in [0.2, 0.25) is 0 Å². The van der Waals surface area contributed by atoms with Gasteiger partial charge in [-0.1, -0.05) is 13.8 Å². The molecule has 4 saturated carbocycles. The third-order valence-corrected chi connectivity index (χ3v) is 6.84. The zero-order chi connectivity index (χ0) is 14.0. The van der Waals surface area contributed by atoms with Crippen LogP contribution in [-0.2, 0) is 4.79 Å². The fourth-order valence-corrected chi connectivity index (χ4v) is 6.52. The highest BCUT2D eigenvalue weighted by molar-refractivity contribution is 5.87. The van der Waals surface area contributed by atoms with Gasteiger partial charge < -0.3 is 5.32 Å². The molecule has 5 aliphatic rings. The summed E-state index contributed by atoms with van der Waals surface area (Å²) in [6.45, 7) is 6.04. The Morgan fingerprint density at radius 1 is 1.05 bits per heavy atom. The Kier molecular flexibility index (Phi) is 2.87. The van der Waals surface area contributed by atoms with Crippen LogP contribution in [0.1, 0.15) is 58.8 Å². The first kappa shape index (κ1) is 13.3. The van der Waals surface area contributed by atoms with Gasteiger partial charge in [-0.3, -0.25) is 4.79 Å². The molecule has 0 radical (unpaired) electrons. The summed E-state index contributed by atoms with van der Waals surface area (Å²) < 4.78 is 0. The van der Waals surface area contributed by atoms with Gasteiger partial charge in [-0.05, 0) is 68.1 Å². The zero-order valence-electron chi connectivity index (χ0n) is 13.1. The van der Waals surface area contributed by atoms with Gasteiger partial charge in [0.15, 0.2) is 0 Å². The summed E-state index contributed by atoms with van der Waals surface area (Å²) >= 11 is 0. The Balaban J connectivity index is 1.52. The summed E-state index contributed by atoms with van der Waals surface area (Å²) in [7, 11) is 0. The summed E-state index contributed by atoms with van der Waals surface area (Å²) in [4.78, 5) is 12.7. The molecule has 4 aliphatic carbocycles. The molecule has 1 atom stereocenters. The molecule has 5 rings (SSSR count). The van der Waals surface area contributed by atoms with E-state index in [4.69, 9.17) is 0 Å². The van der Waals surface area contributed by atoms with Gasteiger partial charge in [0.25, 0.3) is 0 Å². The number of nitrogens with one attached hydrogen (secondary N) is 1. The van der Waals surface area contributed by atoms with Gasteiger partial charge in [0.1, 0.15) is 5.78 Å². The molecule has 112 valence electrons. The first-order valence-corrected chi connectivity index (χ1v) is 8.71. The maximum atomic E-state index is 12.7. The van der Waals surface area contributed by atoms with E-state index in [9.17, 15) is 4.79 Å². The summed E-state index contributed by atoms with van der Waals surface area (Å²) in [5.74, 6) is 3.82. The Labute approximate surface area is 123 Å². The number of hydrogen-bond acceptors (Lipinski definition) is 2. The monoisotopic (exact) mass is 275 g/mol. The molecule has 1 saturated heterocycles. The van der Waals surface area contributed by atoms with Crippen LogP contribution in [0.25, 0.3) is 0 Å². The molecular weight excluding hydrogens is 246 g/mol. The third kappa shape index (κ3) is 2.06. The Morgan fingerprint density at radius 2 is 1.60 bits per heavy atom. The predicted molar refractivity (Wildman–Crippen MR) is 80.4 cm³/mol. The molecule has 20 heavy (non-hydrogen) atoms. The highest BCUT2D eigenvalue weighted by Gasteiger charge is 2.52. The lowest BCUT2D eigenvalue weighted by Gasteiger charge is -2.58. The maximum absolute atomic E-state index is 12.7. The number of piperidine rings is 1. The SMILES string of the molecule is CC1(C)CNCC(CC23CC4CC(CC(C4)C2)C3)C1=O. The van der Waals surface area contributed by atoms with Crippen LogP contribution in [0.3, 0.4) is 0 Å². The lowest BCUT2D eigenvalue weighted by atomic mass is 9.47. The molecule has 0 aromatic rings. The minimum Gasteiger partial charge on any atom is -0.315 e. The minimum atomic E-state index is -0.148. The first-order chi connectivity index (χ1) is 9.46. The maximum Gasteiger partial charge on any atom is 0.144 e. The van der Waals surface area contributed by atoms with Gasteiger partial charge in [-0.15, -0.1) is 0 Å². The van der Waals surface area contributed by atoms with Crippen LogP contribution < -0.4 is 5.32 Å². The van der Waals surface area contributed by atoms with Crippen molar-refractivity contribution in [3.8, 4) is 0 Å². The summed E-state index contributed by atoms with van der Waals surface area (Å²) in [6.07, 6.45) is 9.99. The van der Waals surface area contributed by atoms with Crippen molar-refractivity contribution in [2.24, 2.45) is 34.5 Å². The average molecular weight is 275 g/mol. The number of carbonyl (C=O) groups is 1. The van der Waals surface area contributed by atoms with Gasteiger partial charge >= 0.3 is 0 Å². The Morgan fingerprint density at radius 3 is 2.15 bits per heavy atom. The molecular formula is C18H29NO. The van der Waals surface area contributed by atoms with Crippen molar-refractivity contribution in [2.75, 3.05) is 13.1 Å². The van der Waals surface area contributed by atoms with Crippen molar-refractivity contribution < 1.29 is 4.79 Å². The van der Waals surface area contributed by atoms with Gasteiger partial charge in [-0.2, -0.15) is 0 Å². The van der Waals surface area contributed by atoms with Crippen LogP contribution in [0.5, 0.6) is 0 Å². The Bertz CT molecular complexity index is 390. The lowest BCUT2D eigenvalue weighted by molar-refractivity contribution is -0.137. The normalized spacial score (nSPS) is 49.6. The largest absolute Gasteiger partial charge is 0.315 e. The molecule has 1 N–H and O–H groups in total. The third-order valence-electron chi connectivity index (χ3n) is 6.84. The van der Waals surface area contributed by atoms with Gasteiger partial charge in [0.05, 0.1) is 0 Å². The topological polar surface area (TPSA) is 29.1 Å². The molecule has 1 unspecified atom stereocenters. The number of rotatable bonds is 2. The summed E-state index contributed by atoms with van der Waals surface area (Å²) in [5, 5.41) is 3.52. The fraction of sp³-hybridized carbons (Fsp3) is 0.944. The molecule has 1 heterocycles. The van der Waals surface area contributed by atoms with E-state index >= 15 is 0 Å². The quantitative estimate of drug-likeness (QED) is 0.837. The molecule has 1 aliphatic heterocycles. The first-order valence-electron chi connectivity index (χ1n) is 8.71. The second-order valence-corrected chi connectivity index (χ2v) is 9.20. The summed E-state index contributed by atoms with van der Waals surface area (Å²) in [5.41, 5.74) is 0.398. The van der Waals surface area contributed by atoms with Crippen LogP contribution in [0, 0.1) is 34.5 Å². The van der Waals surface area contributed by atoms with Crippen molar-refractivity contribution in [3.05, 3.63) is 0 Å². The highest BCUT2D eigenvalue weighted by atomic mass is 16.1. The van der Waals surface area contributed by atoms with Crippen LogP contribution >= 0.6 is 0 Å². The smallest absolute Gasteiger partial charge is 0.144 e. The molecule has 0 aromatic heterocycles. The van der Waals surface area contributed by atoms with E-state index in [2.05, 4.69) is 19.2 Å². The molecule has 2 nitrogen and oxygen atoms in total. The van der Waals surface area contributed by atoms with Crippen molar-refractivity contribution in [1.29, 1.82) is 0 Å². The van der Waals surface area contributed by atoms with E-state index in [1.54, 1.807) is 0 Å². The molecule has 5 fully saturated rings. The van der Waals surface area contributed by atoms with Gasteiger partial charge in [-0.25, -0.2) is 0 Å². The second kappa shape index (κ2) is 4.32. The number of Topliss-reactive ketones (excluding diaryl/α,β-unsaturated/α-hetero) is 1. The van der Waals surface area contributed by atoms with Crippen LogP contribution in [0.4, 0.5) is 0 Å². The van der Waals surface area contributed by atoms with E-state index in [0.717, 1.165) is 30.8 Å². The zero-order valence-corrected chi connectivity index (χ0v) is 13.1. The van der Waals surface area contributed by atoms with Crippen molar-refractivity contribution in [3.63, 3.8) is 0 Å². The van der Waals surface area contributed by atoms with E-state index in [0.29, 0.717) is 11.2 Å². The van der Waals surface area contributed by atoms with Crippen LogP contribution in [-0.4, -0.2) is 18.9 Å². The van der Waals surface area contributed by atoms with Crippen molar-refractivity contribution in [1.82, 2.24) is 5.32 Å². The average Bonchev–Trinajstić information content (AvgIpc) is 2.33. The predicted octanol–water partition coefficient (Wildman–Crippen LogP) is 3.41. The molecule has 4 bridgehead atoms. The van der Waals surface area contributed by atoms with Crippen molar-refractivity contribution >= 4 is 5.78 Å². The lowest BCUT2D eigenvalue weighted by Crippen LogP contribution is -2.53. The van der Waals surface area contributed by atoms with E-state index in [1.165, 1.54) is 44.9 Å². The standard InChI is InChI=1S/C18H29NO/c1-17(2)11-19-10-15(16(17)20)9-18-6-12-3-13(7-18)5-14(4-12)8-18/h12-15,19H,3-11H2,1-2H3. The van der Waals surface area contributed by atoms with E-state index in [-0.39, 0.29) is 11.3 Å². The Hall–Kier alpha value is -0.370. The van der Waals surface area contributed by atoms with Crippen molar-refractivity contribution in [2.45, 2.75) is 58.8 Å². The minimum absolute atomic E-state index is 0.148. The molecule has 2 heteroatoms. The fourth-order valence-electron chi connectivity index (χ4n) is 6.52. The van der Waals surface area contributed by atoms with E-state index < -0.39 is 0 Å². The highest BCUT2D eigenvalue weighted by Crippen LogP contribution is 2.62. The number of carbonyl (C=O) groups excluding carboxylic acids is 1. The second-order valence-electron chi connectivity index (χ2n) is 9.20. The van der Waals surface area contributed by atoms with Gasteiger partial charge in [0, 0.05) is 24.4 Å². The molecule has 0 amide bonds. The number of hydrogen-bond donors (Lipinski definition) is 1. The number of ketones is 1. The molecule has 0 spiro atoms. The van der Waals surface area contributed by atoms with Crippen LogP contribution in [0.15, 0.2) is 0 Å². The van der Waals surface area contributed by atoms with E-state index in [1.807, 2.05) is 0 Å². The molecule has 0 aromatic carbocycles. The van der Waals surface area contributed by atoms with Crippen LogP contribution in [0.2, 0.25) is 0 Å².